The average Bonchev–Trinajstić information content (AvgIpc) is 3.90. The first kappa shape index (κ1) is 36.6. The van der Waals surface area contributed by atoms with Crippen molar-refractivity contribution < 1.29 is 45.9 Å². The highest BCUT2D eigenvalue weighted by Crippen LogP contribution is 2.38. The second kappa shape index (κ2) is 16.3. The number of hydrogen-bond acceptors (Lipinski definition) is 9. The lowest BCUT2D eigenvalue weighted by atomic mass is 10.0. The molecule has 2 aliphatic rings. The number of ether oxygens (including phenoxy) is 4. The number of rotatable bonds is 16. The zero-order chi connectivity index (χ0) is 35.1. The summed E-state index contributed by atoms with van der Waals surface area (Å²) in [5, 5.41) is 0.405. The van der Waals surface area contributed by atoms with Crippen LogP contribution < -0.4 is 23.5 Å². The van der Waals surface area contributed by atoms with Gasteiger partial charge in [0.05, 0.1) is 31.2 Å². The number of hydrogen-bond donors (Lipinski definition) is 0. The van der Waals surface area contributed by atoms with E-state index in [2.05, 4.69) is 14.8 Å². The van der Waals surface area contributed by atoms with Crippen molar-refractivity contribution in [3.63, 3.8) is 0 Å². The molecule has 2 aromatic carbocycles. The molecule has 0 bridgehead atoms. The minimum absolute atomic E-state index is 0.0874. The fourth-order valence-electron chi connectivity index (χ4n) is 5.54. The largest absolute Gasteiger partial charge is 0.495 e. The molecule has 49 heavy (non-hydrogen) atoms. The SMILES string of the molecule is COc1ccc(C(=O)O[C@@H](Cc2cc[nH+]cc2Cl)c2ccc(OC(F)F)c(OCC3CC3)c2)cc1N(CCN1CCN(C)CC1)S(C)(=O)=O. The van der Waals surface area contributed by atoms with Gasteiger partial charge in [-0.2, -0.15) is 8.78 Å². The van der Waals surface area contributed by atoms with Gasteiger partial charge in [0.2, 0.25) is 10.0 Å². The van der Waals surface area contributed by atoms with Crippen molar-refractivity contribution in [2.75, 3.05) is 70.6 Å². The fourth-order valence-corrected chi connectivity index (χ4v) is 6.65. The topological polar surface area (TPSA) is 112 Å². The van der Waals surface area contributed by atoms with Crippen LogP contribution in [-0.4, -0.2) is 97.1 Å². The second-order valence-electron chi connectivity index (χ2n) is 12.3. The fraction of sp³-hybridized carbons (Fsp3) is 0.471. The molecule has 1 N–H and O–H groups in total. The maximum absolute atomic E-state index is 13.8. The number of nitrogens with zero attached hydrogens (tertiary/aromatic N) is 3. The summed E-state index contributed by atoms with van der Waals surface area (Å²) >= 11 is 6.46. The number of pyridine rings is 1. The van der Waals surface area contributed by atoms with Crippen molar-refractivity contribution in [3.05, 3.63) is 76.6 Å². The van der Waals surface area contributed by atoms with Crippen molar-refractivity contribution >= 4 is 33.3 Å². The number of likely N-dealkylation sites (N-methyl/N-ethyl adjacent to an activating group) is 1. The van der Waals surface area contributed by atoms with Crippen LogP contribution in [0.1, 0.15) is 40.4 Å². The zero-order valence-corrected chi connectivity index (χ0v) is 29.3. The monoisotopic (exact) mass is 723 g/mol. The molecule has 0 spiro atoms. The lowest BCUT2D eigenvalue weighted by molar-refractivity contribution is -0.378. The summed E-state index contributed by atoms with van der Waals surface area (Å²) in [6, 6.07) is 10.6. The van der Waals surface area contributed by atoms with Crippen molar-refractivity contribution in [2.24, 2.45) is 5.92 Å². The number of benzene rings is 2. The maximum atomic E-state index is 13.8. The van der Waals surface area contributed by atoms with E-state index in [-0.39, 0.29) is 41.5 Å². The summed E-state index contributed by atoms with van der Waals surface area (Å²) in [6.45, 7) is 1.32. The number of halogens is 3. The van der Waals surface area contributed by atoms with Gasteiger partial charge in [-0.05, 0) is 67.3 Å². The van der Waals surface area contributed by atoms with Crippen LogP contribution in [0, 0.1) is 5.92 Å². The summed E-state index contributed by atoms with van der Waals surface area (Å²) in [6.07, 6.45) is 5.57. The van der Waals surface area contributed by atoms with Gasteiger partial charge in [-0.3, -0.25) is 9.21 Å². The van der Waals surface area contributed by atoms with Crippen LogP contribution in [0.5, 0.6) is 17.2 Å². The van der Waals surface area contributed by atoms with E-state index < -0.39 is 28.7 Å². The van der Waals surface area contributed by atoms with Gasteiger partial charge in [0.1, 0.15) is 16.9 Å². The Hall–Kier alpha value is -3.72. The summed E-state index contributed by atoms with van der Waals surface area (Å²) in [5.41, 5.74) is 1.41. The second-order valence-corrected chi connectivity index (χ2v) is 14.6. The zero-order valence-electron chi connectivity index (χ0n) is 27.7. The van der Waals surface area contributed by atoms with Gasteiger partial charge < -0.3 is 23.8 Å². The molecule has 1 atom stereocenters. The number of anilines is 1. The molecule has 2 heterocycles. The van der Waals surface area contributed by atoms with Crippen LogP contribution in [0.2, 0.25) is 5.02 Å². The van der Waals surface area contributed by atoms with Gasteiger partial charge >= 0.3 is 12.6 Å². The Balaban J connectivity index is 1.44. The summed E-state index contributed by atoms with van der Waals surface area (Å²) in [7, 11) is -0.296. The Morgan fingerprint density at radius 2 is 1.80 bits per heavy atom. The van der Waals surface area contributed by atoms with Crippen molar-refractivity contribution in [1.82, 2.24) is 9.80 Å². The molecule has 1 aromatic heterocycles. The first-order chi connectivity index (χ1) is 23.4. The third kappa shape index (κ3) is 10.2. The number of carbonyl (C=O) groups excluding carboxylic acids is 1. The number of sulfonamides is 1. The molecule has 15 heteroatoms. The van der Waals surface area contributed by atoms with Crippen molar-refractivity contribution in [2.45, 2.75) is 32.0 Å². The van der Waals surface area contributed by atoms with E-state index in [4.69, 9.17) is 30.5 Å². The summed E-state index contributed by atoms with van der Waals surface area (Å²) in [4.78, 5) is 21.2. The van der Waals surface area contributed by atoms with Gasteiger partial charge in [-0.15, -0.1) is 0 Å². The van der Waals surface area contributed by atoms with E-state index >= 15 is 0 Å². The number of aromatic nitrogens is 1. The minimum Gasteiger partial charge on any atom is -0.495 e. The van der Waals surface area contributed by atoms with E-state index in [0.717, 1.165) is 45.3 Å². The Morgan fingerprint density at radius 3 is 2.45 bits per heavy atom. The average molecular weight is 724 g/mol. The van der Waals surface area contributed by atoms with Gasteiger partial charge in [0.15, 0.2) is 23.9 Å². The highest BCUT2D eigenvalue weighted by Gasteiger charge is 2.28. The Morgan fingerprint density at radius 1 is 1.06 bits per heavy atom. The molecule has 1 saturated heterocycles. The lowest BCUT2D eigenvalue weighted by Crippen LogP contribution is -2.47. The highest BCUT2D eigenvalue weighted by molar-refractivity contribution is 7.92. The van der Waals surface area contributed by atoms with Gasteiger partial charge in [0, 0.05) is 51.8 Å². The molecule has 0 radical (unpaired) electrons. The lowest BCUT2D eigenvalue weighted by Gasteiger charge is -2.34. The number of aromatic amines is 1. The molecule has 5 rings (SSSR count). The quantitative estimate of drug-likeness (QED) is 0.194. The molecule has 11 nitrogen and oxygen atoms in total. The van der Waals surface area contributed by atoms with E-state index in [1.165, 1.54) is 47.8 Å². The molecule has 1 aliphatic carbocycles. The maximum Gasteiger partial charge on any atom is 0.387 e. The van der Waals surface area contributed by atoms with Gasteiger partial charge in [-0.1, -0.05) is 17.7 Å². The number of esters is 1. The van der Waals surface area contributed by atoms with E-state index in [0.29, 0.717) is 35.2 Å². The highest BCUT2D eigenvalue weighted by atomic mass is 35.5. The van der Waals surface area contributed by atoms with Gasteiger partial charge in [-0.25, -0.2) is 18.2 Å². The van der Waals surface area contributed by atoms with Crippen LogP contribution in [-0.2, 0) is 21.2 Å². The molecule has 1 saturated carbocycles. The molecule has 266 valence electrons. The molecule has 1 aliphatic heterocycles. The molecular weight excluding hydrogens is 682 g/mol. The molecular formula is C34H42ClF2N4O7S+. The Bertz CT molecular complexity index is 1710. The standard InChI is InChI=1S/C34H41ClF2N4O7S/c1-39-12-14-40(15-13-39)16-17-41(49(3,43)44)28-18-26(7-8-29(28)45-2)33(42)47-31(19-24-10-11-38-21-27(24)35)25-6-9-30(48-34(36)37)32(20-25)46-22-23-4-5-23/h6-11,18,20-21,23,31,34H,4-5,12-17,19,22H2,1-3H3/p+1/t31-/m0/s1. The molecule has 0 unspecified atom stereocenters. The van der Waals surface area contributed by atoms with Crippen LogP contribution in [0.3, 0.4) is 0 Å². The normalized spacial score (nSPS) is 16.3. The van der Waals surface area contributed by atoms with Crippen molar-refractivity contribution in [3.8, 4) is 17.2 Å². The van der Waals surface area contributed by atoms with Crippen LogP contribution in [0.25, 0.3) is 0 Å². The number of nitrogens with one attached hydrogen (secondary N) is 1. The first-order valence-corrected chi connectivity index (χ1v) is 18.3. The third-order valence-electron chi connectivity index (χ3n) is 8.58. The van der Waals surface area contributed by atoms with E-state index in [1.807, 2.05) is 7.05 Å². The smallest absolute Gasteiger partial charge is 0.387 e. The third-order valence-corrected chi connectivity index (χ3v) is 10.1. The number of methoxy groups -OCH3 is 1. The molecule has 2 fully saturated rings. The van der Waals surface area contributed by atoms with E-state index in [9.17, 15) is 22.0 Å². The number of carbonyl (C=O) groups is 1. The van der Waals surface area contributed by atoms with E-state index in [1.54, 1.807) is 18.5 Å². The summed E-state index contributed by atoms with van der Waals surface area (Å²) < 4.78 is 76.0. The Labute approximate surface area is 290 Å². The first-order valence-electron chi connectivity index (χ1n) is 16.0. The summed E-state index contributed by atoms with van der Waals surface area (Å²) in [5.74, 6) is -0.152. The van der Waals surface area contributed by atoms with Crippen LogP contribution in [0.15, 0.2) is 54.9 Å². The van der Waals surface area contributed by atoms with Gasteiger partial charge in [0.25, 0.3) is 0 Å². The molecule has 0 amide bonds. The number of piperazine rings is 1. The number of alkyl halides is 2. The Kier molecular flexibility index (Phi) is 12.2. The predicted octanol–water partition coefficient (Wildman–Crippen LogP) is 4.71. The predicted molar refractivity (Wildman–Crippen MR) is 180 cm³/mol. The number of H-pyrrole nitrogens is 1. The van der Waals surface area contributed by atoms with Crippen LogP contribution in [0.4, 0.5) is 14.5 Å². The van der Waals surface area contributed by atoms with Crippen LogP contribution >= 0.6 is 11.6 Å². The van der Waals surface area contributed by atoms with Crippen molar-refractivity contribution in [1.29, 1.82) is 0 Å². The minimum atomic E-state index is -3.77. The molecule has 3 aromatic rings.